The van der Waals surface area contributed by atoms with Crippen LogP contribution in [0.5, 0.6) is 0 Å². The van der Waals surface area contributed by atoms with Crippen molar-refractivity contribution in [3.63, 3.8) is 0 Å². The monoisotopic (exact) mass is 101 g/mol. The molecule has 0 aromatic heterocycles. The van der Waals surface area contributed by atoms with E-state index in [0.29, 0.717) is 6.61 Å². The zero-order chi connectivity index (χ0) is 5.11. The summed E-state index contributed by atoms with van der Waals surface area (Å²) in [4.78, 5) is 0. The molecule has 0 spiro atoms. The highest BCUT2D eigenvalue weighted by Gasteiger charge is 2.07. The Balaban J connectivity index is 1.81. The van der Waals surface area contributed by atoms with Gasteiger partial charge in [-0.1, -0.05) is 0 Å². The Hall–Kier alpha value is -0.640. The second-order valence-electron chi connectivity index (χ2n) is 1.27. The van der Waals surface area contributed by atoms with E-state index >= 15 is 0 Å². The molecule has 1 rings (SSSR count). The lowest BCUT2D eigenvalue weighted by atomic mass is 10.7. The van der Waals surface area contributed by atoms with Crippen molar-refractivity contribution in [1.82, 2.24) is 5.12 Å². The van der Waals surface area contributed by atoms with Crippen LogP contribution in [0, 0.1) is 0 Å². The van der Waals surface area contributed by atoms with Crippen LogP contribution < -0.4 is 0 Å². The van der Waals surface area contributed by atoms with Crippen molar-refractivity contribution in [2.75, 3.05) is 20.3 Å². The van der Waals surface area contributed by atoms with Gasteiger partial charge < -0.3 is 4.74 Å². The molecule has 1 aliphatic heterocycles. The molecule has 1 heterocycles. The Morgan fingerprint density at radius 2 is 2.29 bits per heavy atom. The number of rotatable bonds is 3. The first kappa shape index (κ1) is 4.52. The van der Waals surface area contributed by atoms with Crippen molar-refractivity contribution < 1.29 is 4.74 Å². The third-order valence-corrected chi connectivity index (χ3v) is 0.711. The molecule has 4 heteroatoms. The Bertz CT molecular complexity index is 76.2. The Labute approximate surface area is 41.7 Å². The lowest BCUT2D eigenvalue weighted by Gasteiger charge is -1.91. The minimum Gasteiger partial charge on any atom is -0.383 e. The van der Waals surface area contributed by atoms with Crippen molar-refractivity contribution in [2.45, 2.75) is 0 Å². The average Bonchev–Trinajstić information content (AvgIpc) is 2.42. The summed E-state index contributed by atoms with van der Waals surface area (Å²) in [5.74, 6) is 0. The molecule has 0 fully saturated rings. The molecule has 0 aromatic rings. The topological polar surface area (TPSA) is 37.0 Å². The van der Waals surface area contributed by atoms with Crippen molar-refractivity contribution >= 4 is 0 Å². The van der Waals surface area contributed by atoms with Crippen LogP contribution in [0.1, 0.15) is 0 Å². The van der Waals surface area contributed by atoms with E-state index in [4.69, 9.17) is 4.74 Å². The number of ether oxygens (including phenoxy) is 1. The van der Waals surface area contributed by atoms with Gasteiger partial charge in [0, 0.05) is 7.11 Å². The number of nitrogens with zero attached hydrogens (tertiary/aromatic N) is 3. The van der Waals surface area contributed by atoms with Gasteiger partial charge in [0.25, 0.3) is 0 Å². The smallest absolute Gasteiger partial charge is 0.0877 e. The molecular formula is C3H7N3O. The second-order valence-corrected chi connectivity index (χ2v) is 1.27. The van der Waals surface area contributed by atoms with Crippen molar-refractivity contribution in [3.8, 4) is 0 Å². The van der Waals surface area contributed by atoms with Gasteiger partial charge in [-0.05, 0) is 10.4 Å². The molecule has 0 bridgehead atoms. The minimum absolute atomic E-state index is 0.701. The Morgan fingerprint density at radius 1 is 1.57 bits per heavy atom. The zero-order valence-electron chi connectivity index (χ0n) is 4.16. The van der Waals surface area contributed by atoms with Crippen LogP contribution >= 0.6 is 0 Å². The molecule has 40 valence electrons. The van der Waals surface area contributed by atoms with E-state index in [0.717, 1.165) is 6.54 Å². The maximum Gasteiger partial charge on any atom is 0.0877 e. The first-order valence-corrected chi connectivity index (χ1v) is 2.11. The molecule has 0 N–H and O–H groups in total. The van der Waals surface area contributed by atoms with Crippen LogP contribution in [0.25, 0.3) is 0 Å². The summed E-state index contributed by atoms with van der Waals surface area (Å²) < 4.78 is 4.73. The van der Waals surface area contributed by atoms with E-state index in [2.05, 4.69) is 10.4 Å². The summed E-state index contributed by atoms with van der Waals surface area (Å²) in [6.45, 7) is 1.49. The lowest BCUT2D eigenvalue weighted by molar-refractivity contribution is 0.179. The van der Waals surface area contributed by atoms with E-state index in [1.54, 1.807) is 12.2 Å². The summed E-state index contributed by atoms with van der Waals surface area (Å²) in [6, 6.07) is 0. The largest absolute Gasteiger partial charge is 0.383 e. The lowest BCUT2D eigenvalue weighted by Crippen LogP contribution is -2.04. The predicted octanol–water partition coefficient (Wildman–Crippen LogP) is 0.231. The van der Waals surface area contributed by atoms with E-state index in [1.165, 1.54) is 0 Å². The summed E-state index contributed by atoms with van der Waals surface area (Å²) in [5.41, 5.74) is 0. The molecule has 1 aliphatic rings. The summed E-state index contributed by atoms with van der Waals surface area (Å²) in [5, 5.41) is 8.62. The first-order chi connectivity index (χ1) is 3.43. The fraction of sp³-hybridized carbons (Fsp3) is 1.00. The number of hydrogen-bond acceptors (Lipinski definition) is 4. The molecule has 0 amide bonds. The van der Waals surface area contributed by atoms with E-state index in [-0.39, 0.29) is 0 Å². The average molecular weight is 101 g/mol. The van der Waals surface area contributed by atoms with Crippen LogP contribution in [-0.4, -0.2) is 25.4 Å². The number of hydrogen-bond donors (Lipinski definition) is 0. The van der Waals surface area contributed by atoms with E-state index in [9.17, 15) is 0 Å². The van der Waals surface area contributed by atoms with Crippen molar-refractivity contribution in [3.05, 3.63) is 0 Å². The number of methoxy groups -OCH3 is 1. The maximum atomic E-state index is 4.73. The standard InChI is InChI=1S/C3H7N3O/c1-7-3-2-6-4-5-6/h2-3H2,1H3. The quantitative estimate of drug-likeness (QED) is 0.510. The van der Waals surface area contributed by atoms with Gasteiger partial charge in [-0.3, -0.25) is 0 Å². The highest BCUT2D eigenvalue weighted by atomic mass is 16.5. The highest BCUT2D eigenvalue weighted by molar-refractivity contribution is 4.44. The maximum absolute atomic E-state index is 4.73. The molecule has 0 atom stereocenters. The molecule has 7 heavy (non-hydrogen) atoms. The molecule has 0 radical (unpaired) electrons. The van der Waals surface area contributed by atoms with Gasteiger partial charge in [-0.15, -0.1) is 5.12 Å². The highest BCUT2D eigenvalue weighted by Crippen LogP contribution is 2.04. The minimum atomic E-state index is 0.701. The van der Waals surface area contributed by atoms with Crippen LogP contribution in [0.2, 0.25) is 0 Å². The van der Waals surface area contributed by atoms with Gasteiger partial charge in [0.1, 0.15) is 0 Å². The van der Waals surface area contributed by atoms with Crippen LogP contribution in [0.15, 0.2) is 10.4 Å². The van der Waals surface area contributed by atoms with Crippen molar-refractivity contribution in [1.29, 1.82) is 0 Å². The molecule has 0 aromatic carbocycles. The normalized spacial score (nSPS) is 15.3. The van der Waals surface area contributed by atoms with Gasteiger partial charge in [0.15, 0.2) is 0 Å². The molecule has 0 aliphatic carbocycles. The van der Waals surface area contributed by atoms with Crippen LogP contribution in [-0.2, 0) is 4.74 Å². The SMILES string of the molecule is COCCN1N=N1. The van der Waals surface area contributed by atoms with Gasteiger partial charge in [0.2, 0.25) is 0 Å². The third kappa shape index (κ3) is 1.50. The van der Waals surface area contributed by atoms with Gasteiger partial charge in [-0.2, -0.15) is 0 Å². The predicted molar refractivity (Wildman–Crippen MR) is 23.4 cm³/mol. The van der Waals surface area contributed by atoms with Crippen LogP contribution in [0.4, 0.5) is 0 Å². The Morgan fingerprint density at radius 3 is 2.71 bits per heavy atom. The van der Waals surface area contributed by atoms with E-state index < -0.39 is 0 Å². The van der Waals surface area contributed by atoms with Gasteiger partial charge in [-0.25, -0.2) is 0 Å². The molecule has 0 saturated carbocycles. The summed E-state index contributed by atoms with van der Waals surface area (Å²) in [6.07, 6.45) is 0. The molecular weight excluding hydrogens is 94.1 g/mol. The second kappa shape index (κ2) is 1.88. The fourth-order valence-electron chi connectivity index (χ4n) is 0.291. The summed E-state index contributed by atoms with van der Waals surface area (Å²) >= 11 is 0. The van der Waals surface area contributed by atoms with E-state index in [1.807, 2.05) is 0 Å². The summed E-state index contributed by atoms with van der Waals surface area (Å²) in [7, 11) is 1.66. The molecule has 0 unspecified atom stereocenters. The molecule has 4 nitrogen and oxygen atoms in total. The van der Waals surface area contributed by atoms with Gasteiger partial charge >= 0.3 is 0 Å². The third-order valence-electron chi connectivity index (χ3n) is 0.711. The fourth-order valence-corrected chi connectivity index (χ4v) is 0.291. The molecule has 0 saturated heterocycles. The first-order valence-electron chi connectivity index (χ1n) is 2.11. The Kier molecular flexibility index (Phi) is 1.21. The van der Waals surface area contributed by atoms with Gasteiger partial charge in [0.05, 0.1) is 13.2 Å². The van der Waals surface area contributed by atoms with Crippen molar-refractivity contribution in [2.24, 2.45) is 10.4 Å². The van der Waals surface area contributed by atoms with Crippen LogP contribution in [0.3, 0.4) is 0 Å². The zero-order valence-corrected chi connectivity index (χ0v) is 4.16.